The number of carbonyl (C=O) groups excluding carboxylic acids is 3. The molecule has 4 unspecified atom stereocenters. The van der Waals surface area contributed by atoms with Crippen molar-refractivity contribution in [3.63, 3.8) is 0 Å². The third-order valence-corrected chi connectivity index (χ3v) is 4.24. The molecule has 2 aliphatic rings. The number of ether oxygens (including phenoxy) is 1. The second kappa shape index (κ2) is 8.79. The SMILES string of the molecule is CC1CC(=O)CC(C)N1.CC1CC(=O)CC(C)N1C(=O)OC(C)(C)C. The maximum atomic E-state index is 11.9. The van der Waals surface area contributed by atoms with Gasteiger partial charge in [0.2, 0.25) is 0 Å². The Morgan fingerprint density at radius 1 is 0.920 bits per heavy atom. The van der Waals surface area contributed by atoms with E-state index < -0.39 is 5.60 Å². The molecule has 2 heterocycles. The first-order chi connectivity index (χ1) is 11.4. The molecule has 1 amide bonds. The van der Waals surface area contributed by atoms with Crippen LogP contribution in [0.3, 0.4) is 0 Å². The first kappa shape index (κ1) is 21.6. The Morgan fingerprint density at radius 3 is 1.68 bits per heavy atom. The summed E-state index contributed by atoms with van der Waals surface area (Å²) in [6.07, 6.45) is 1.97. The van der Waals surface area contributed by atoms with Crippen LogP contribution in [-0.2, 0) is 14.3 Å². The maximum Gasteiger partial charge on any atom is 0.410 e. The van der Waals surface area contributed by atoms with E-state index in [0.29, 0.717) is 43.6 Å². The van der Waals surface area contributed by atoms with Crippen molar-refractivity contribution in [3.05, 3.63) is 0 Å². The summed E-state index contributed by atoms with van der Waals surface area (Å²) < 4.78 is 5.33. The van der Waals surface area contributed by atoms with E-state index in [-0.39, 0.29) is 24.0 Å². The van der Waals surface area contributed by atoms with Crippen LogP contribution in [0.15, 0.2) is 0 Å². The average Bonchev–Trinajstić information content (AvgIpc) is 2.33. The Labute approximate surface area is 151 Å². The molecule has 0 aromatic heterocycles. The number of nitrogens with one attached hydrogen (secondary N) is 1. The van der Waals surface area contributed by atoms with E-state index in [1.165, 1.54) is 0 Å². The molecular formula is C19H34N2O4. The van der Waals surface area contributed by atoms with Crippen LogP contribution in [-0.4, -0.2) is 52.3 Å². The summed E-state index contributed by atoms with van der Waals surface area (Å²) in [5, 5.41) is 3.29. The molecule has 0 aromatic carbocycles. The van der Waals surface area contributed by atoms with Crippen molar-refractivity contribution in [2.45, 2.75) is 104 Å². The van der Waals surface area contributed by atoms with Crippen LogP contribution in [0.5, 0.6) is 0 Å². The summed E-state index contributed by atoms with van der Waals surface area (Å²) in [5.41, 5.74) is -0.488. The standard InChI is InChI=1S/C12H21NO3.C7H13NO/c1-8-6-10(14)7-9(2)13(8)11(15)16-12(3,4)5;1-5-3-7(9)4-6(2)8-5/h8-9H,6-7H2,1-5H3;5-6,8H,3-4H2,1-2H3. The highest BCUT2D eigenvalue weighted by Gasteiger charge is 2.35. The van der Waals surface area contributed by atoms with E-state index >= 15 is 0 Å². The van der Waals surface area contributed by atoms with E-state index in [0.717, 1.165) is 0 Å². The van der Waals surface area contributed by atoms with Crippen molar-refractivity contribution in [2.75, 3.05) is 0 Å². The Morgan fingerprint density at radius 2 is 1.32 bits per heavy atom. The van der Waals surface area contributed by atoms with E-state index in [9.17, 15) is 14.4 Å². The number of piperidine rings is 2. The minimum atomic E-state index is -0.488. The highest BCUT2D eigenvalue weighted by molar-refractivity contribution is 5.83. The first-order valence-corrected chi connectivity index (χ1v) is 9.19. The van der Waals surface area contributed by atoms with Gasteiger partial charge < -0.3 is 15.0 Å². The van der Waals surface area contributed by atoms with Gasteiger partial charge in [-0.15, -0.1) is 0 Å². The van der Waals surface area contributed by atoms with E-state index in [4.69, 9.17) is 4.74 Å². The molecule has 0 spiro atoms. The minimum Gasteiger partial charge on any atom is -0.444 e. The number of nitrogens with zero attached hydrogens (tertiary/aromatic N) is 1. The van der Waals surface area contributed by atoms with Gasteiger partial charge in [-0.3, -0.25) is 9.59 Å². The molecule has 1 N–H and O–H groups in total. The predicted molar refractivity (Wildman–Crippen MR) is 97.5 cm³/mol. The number of ketones is 2. The molecule has 4 atom stereocenters. The van der Waals surface area contributed by atoms with Gasteiger partial charge in [0, 0.05) is 49.9 Å². The van der Waals surface area contributed by atoms with Gasteiger partial charge in [0.15, 0.2) is 0 Å². The number of rotatable bonds is 0. The fraction of sp³-hybridized carbons (Fsp3) is 0.842. The molecule has 144 valence electrons. The molecule has 0 aromatic rings. The van der Waals surface area contributed by atoms with Gasteiger partial charge >= 0.3 is 6.09 Å². The van der Waals surface area contributed by atoms with Crippen LogP contribution < -0.4 is 5.32 Å². The van der Waals surface area contributed by atoms with Crippen LogP contribution in [0.2, 0.25) is 0 Å². The molecule has 6 nitrogen and oxygen atoms in total. The van der Waals surface area contributed by atoms with E-state index in [1.807, 2.05) is 48.5 Å². The first-order valence-electron chi connectivity index (χ1n) is 9.19. The zero-order valence-electron chi connectivity index (χ0n) is 16.7. The number of Topliss-reactive ketones (excluding diaryl/α,β-unsaturated/α-hetero) is 2. The lowest BCUT2D eigenvalue weighted by Gasteiger charge is -2.38. The van der Waals surface area contributed by atoms with Gasteiger partial charge in [-0.25, -0.2) is 4.79 Å². The summed E-state index contributed by atoms with van der Waals surface area (Å²) in [6, 6.07) is 0.652. The van der Waals surface area contributed by atoms with Crippen LogP contribution in [0.1, 0.15) is 74.1 Å². The van der Waals surface area contributed by atoms with Gasteiger partial charge in [-0.05, 0) is 48.5 Å². The molecule has 0 radical (unpaired) electrons. The number of likely N-dealkylation sites (tertiary alicyclic amines) is 1. The molecule has 0 aliphatic carbocycles. The topological polar surface area (TPSA) is 75.7 Å². The molecule has 6 heteroatoms. The summed E-state index contributed by atoms with van der Waals surface area (Å²) >= 11 is 0. The van der Waals surface area contributed by atoms with E-state index in [2.05, 4.69) is 5.32 Å². The Hall–Kier alpha value is -1.43. The molecule has 0 saturated carbocycles. The third-order valence-electron chi connectivity index (χ3n) is 4.24. The lowest BCUT2D eigenvalue weighted by atomic mass is 9.97. The molecule has 2 aliphatic heterocycles. The zero-order chi connectivity index (χ0) is 19.4. The number of hydrogen-bond donors (Lipinski definition) is 1. The van der Waals surface area contributed by atoms with Crippen molar-refractivity contribution < 1.29 is 19.1 Å². The van der Waals surface area contributed by atoms with Gasteiger partial charge in [-0.2, -0.15) is 0 Å². The highest BCUT2D eigenvalue weighted by atomic mass is 16.6. The highest BCUT2D eigenvalue weighted by Crippen LogP contribution is 2.22. The van der Waals surface area contributed by atoms with Crippen LogP contribution in [0, 0.1) is 0 Å². The van der Waals surface area contributed by atoms with Crippen LogP contribution in [0.4, 0.5) is 4.79 Å². The summed E-state index contributed by atoms with van der Waals surface area (Å²) in [4.78, 5) is 35.8. The monoisotopic (exact) mass is 354 g/mol. The molecular weight excluding hydrogens is 320 g/mol. The normalized spacial score (nSPS) is 30.4. The Kier molecular flexibility index (Phi) is 7.60. The Bertz CT molecular complexity index is 472. The lowest BCUT2D eigenvalue weighted by Crippen LogP contribution is -2.51. The molecule has 2 rings (SSSR count). The Balaban J connectivity index is 0.000000293. The molecule has 2 saturated heterocycles. The fourth-order valence-electron chi connectivity index (χ4n) is 3.42. The fourth-order valence-corrected chi connectivity index (χ4v) is 3.42. The molecule has 25 heavy (non-hydrogen) atoms. The van der Waals surface area contributed by atoms with Crippen LogP contribution in [0.25, 0.3) is 0 Å². The van der Waals surface area contributed by atoms with Gasteiger partial charge in [0.25, 0.3) is 0 Å². The molecule has 0 bridgehead atoms. The quantitative estimate of drug-likeness (QED) is 0.723. The van der Waals surface area contributed by atoms with Crippen molar-refractivity contribution in [1.29, 1.82) is 0 Å². The smallest absolute Gasteiger partial charge is 0.410 e. The summed E-state index contributed by atoms with van der Waals surface area (Å²) in [6.45, 7) is 13.4. The number of hydrogen-bond acceptors (Lipinski definition) is 5. The van der Waals surface area contributed by atoms with Crippen molar-refractivity contribution in [3.8, 4) is 0 Å². The van der Waals surface area contributed by atoms with Gasteiger partial charge in [-0.1, -0.05) is 0 Å². The summed E-state index contributed by atoms with van der Waals surface area (Å²) in [7, 11) is 0. The minimum absolute atomic E-state index is 0.0638. The summed E-state index contributed by atoms with van der Waals surface area (Å²) in [5.74, 6) is 0.619. The maximum absolute atomic E-state index is 11.9. The van der Waals surface area contributed by atoms with Gasteiger partial charge in [0.05, 0.1) is 0 Å². The van der Waals surface area contributed by atoms with Crippen molar-refractivity contribution in [1.82, 2.24) is 10.2 Å². The number of amides is 1. The van der Waals surface area contributed by atoms with Crippen LogP contribution >= 0.6 is 0 Å². The molecule has 2 fully saturated rings. The lowest BCUT2D eigenvalue weighted by molar-refractivity contribution is -0.124. The predicted octanol–water partition coefficient (Wildman–Crippen LogP) is 3.08. The largest absolute Gasteiger partial charge is 0.444 e. The second-order valence-electron chi connectivity index (χ2n) is 8.45. The number of carbonyl (C=O) groups is 3. The second-order valence-corrected chi connectivity index (χ2v) is 8.45. The van der Waals surface area contributed by atoms with Crippen molar-refractivity contribution >= 4 is 17.7 Å². The van der Waals surface area contributed by atoms with Crippen molar-refractivity contribution in [2.24, 2.45) is 0 Å². The average molecular weight is 354 g/mol. The third kappa shape index (κ3) is 7.55. The zero-order valence-corrected chi connectivity index (χ0v) is 16.7. The van der Waals surface area contributed by atoms with Gasteiger partial charge in [0.1, 0.15) is 17.2 Å². The van der Waals surface area contributed by atoms with E-state index in [1.54, 1.807) is 4.90 Å².